The van der Waals surface area contributed by atoms with Gasteiger partial charge >= 0.3 is 11.8 Å². The lowest BCUT2D eigenvalue weighted by Crippen LogP contribution is -2.69. The summed E-state index contributed by atoms with van der Waals surface area (Å²) in [5.74, 6) is -0.969. The van der Waals surface area contributed by atoms with Gasteiger partial charge in [-0.1, -0.05) is 30.3 Å². The molecule has 0 spiro atoms. The maximum atomic E-state index is 12.2. The van der Waals surface area contributed by atoms with Crippen LogP contribution in [0, 0.1) is 0 Å². The van der Waals surface area contributed by atoms with Gasteiger partial charge in [-0.3, -0.25) is 9.59 Å². The molecule has 0 radical (unpaired) electrons. The van der Waals surface area contributed by atoms with E-state index < -0.39 is 11.8 Å². The van der Waals surface area contributed by atoms with Crippen molar-refractivity contribution in [2.45, 2.75) is 43.9 Å². The van der Waals surface area contributed by atoms with Gasteiger partial charge in [0.25, 0.3) is 0 Å². The zero-order chi connectivity index (χ0) is 14.1. The second-order valence-corrected chi connectivity index (χ2v) is 5.58. The monoisotopic (exact) mass is 273 g/mol. The fourth-order valence-electron chi connectivity index (χ4n) is 3.22. The molecule has 3 unspecified atom stereocenters. The molecule has 3 rings (SSSR count). The largest absolute Gasteiger partial charge is 0.341 e. The number of carbonyl (C=O) groups excluding carboxylic acids is 2. The second kappa shape index (κ2) is 5.25. The highest BCUT2D eigenvalue weighted by molar-refractivity contribution is 6.35. The van der Waals surface area contributed by atoms with Gasteiger partial charge in [0.15, 0.2) is 0 Å². The quantitative estimate of drug-likeness (QED) is 0.766. The zero-order valence-electron chi connectivity index (χ0n) is 11.3. The molecule has 1 saturated heterocycles. The first-order valence-electron chi connectivity index (χ1n) is 7.08. The Hall–Kier alpha value is -1.88. The first-order valence-corrected chi connectivity index (χ1v) is 7.08. The zero-order valence-corrected chi connectivity index (χ0v) is 11.3. The molecule has 2 fully saturated rings. The van der Waals surface area contributed by atoms with Gasteiger partial charge in [-0.05, 0) is 24.8 Å². The third kappa shape index (κ3) is 2.29. The summed E-state index contributed by atoms with van der Waals surface area (Å²) in [6, 6.07) is 9.59. The SMILES string of the molecule is NC1CCCC2C1NC(=O)C(=O)N2Cc1ccccc1. The molecule has 3 atom stereocenters. The van der Waals surface area contributed by atoms with Crippen LogP contribution in [0.1, 0.15) is 24.8 Å². The predicted octanol–water partition coefficient (Wildman–Crippen LogP) is 0.393. The van der Waals surface area contributed by atoms with E-state index >= 15 is 0 Å². The van der Waals surface area contributed by atoms with Gasteiger partial charge in [0.1, 0.15) is 0 Å². The number of rotatable bonds is 2. The van der Waals surface area contributed by atoms with Crippen LogP contribution in [0.4, 0.5) is 0 Å². The van der Waals surface area contributed by atoms with Crippen LogP contribution < -0.4 is 11.1 Å². The summed E-state index contributed by atoms with van der Waals surface area (Å²) in [6.07, 6.45) is 2.79. The molecule has 0 bridgehead atoms. The van der Waals surface area contributed by atoms with Crippen LogP contribution in [-0.4, -0.2) is 34.8 Å². The van der Waals surface area contributed by atoms with Gasteiger partial charge in [-0.25, -0.2) is 0 Å². The van der Waals surface area contributed by atoms with Crippen molar-refractivity contribution in [1.29, 1.82) is 0 Å². The molecular formula is C15H19N3O2. The molecule has 20 heavy (non-hydrogen) atoms. The lowest BCUT2D eigenvalue weighted by molar-refractivity contribution is -0.154. The first kappa shape index (κ1) is 13.1. The van der Waals surface area contributed by atoms with E-state index in [2.05, 4.69) is 5.32 Å². The highest BCUT2D eigenvalue weighted by Gasteiger charge is 2.44. The number of hydrogen-bond donors (Lipinski definition) is 2. The molecule has 5 heteroatoms. The number of amides is 2. The molecule has 3 N–H and O–H groups in total. The number of hydrogen-bond acceptors (Lipinski definition) is 3. The lowest BCUT2D eigenvalue weighted by Gasteiger charge is -2.46. The van der Waals surface area contributed by atoms with Crippen molar-refractivity contribution in [1.82, 2.24) is 10.2 Å². The van der Waals surface area contributed by atoms with Gasteiger partial charge in [0.05, 0.1) is 12.1 Å². The van der Waals surface area contributed by atoms with Gasteiger partial charge in [0, 0.05) is 12.6 Å². The van der Waals surface area contributed by atoms with Gasteiger partial charge in [-0.15, -0.1) is 0 Å². The highest BCUT2D eigenvalue weighted by atomic mass is 16.2. The molecule has 1 saturated carbocycles. The summed E-state index contributed by atoms with van der Waals surface area (Å²) in [6.45, 7) is 0.473. The number of fused-ring (bicyclic) bond motifs is 1. The molecular weight excluding hydrogens is 254 g/mol. The van der Waals surface area contributed by atoms with Crippen LogP contribution >= 0.6 is 0 Å². The molecule has 5 nitrogen and oxygen atoms in total. The lowest BCUT2D eigenvalue weighted by atomic mass is 9.83. The minimum absolute atomic E-state index is 0.0177. The smallest absolute Gasteiger partial charge is 0.312 e. The normalized spacial score (nSPS) is 29.9. The van der Waals surface area contributed by atoms with Gasteiger partial charge in [0.2, 0.25) is 0 Å². The van der Waals surface area contributed by atoms with E-state index in [1.54, 1.807) is 4.90 Å². The van der Waals surface area contributed by atoms with E-state index in [-0.39, 0.29) is 18.1 Å². The number of carbonyl (C=O) groups is 2. The van der Waals surface area contributed by atoms with Crippen LogP contribution in [0.25, 0.3) is 0 Å². The molecule has 2 amide bonds. The Morgan fingerprint density at radius 2 is 1.95 bits per heavy atom. The Morgan fingerprint density at radius 3 is 2.70 bits per heavy atom. The minimum Gasteiger partial charge on any atom is -0.341 e. The van der Waals surface area contributed by atoms with Crippen LogP contribution in [-0.2, 0) is 16.1 Å². The molecule has 1 heterocycles. The third-order valence-electron chi connectivity index (χ3n) is 4.26. The fraction of sp³-hybridized carbons (Fsp3) is 0.467. The second-order valence-electron chi connectivity index (χ2n) is 5.58. The Balaban J connectivity index is 1.85. The maximum Gasteiger partial charge on any atom is 0.312 e. The first-order chi connectivity index (χ1) is 9.66. The summed E-state index contributed by atoms with van der Waals surface area (Å²) in [7, 11) is 0. The van der Waals surface area contributed by atoms with E-state index in [4.69, 9.17) is 5.73 Å². The van der Waals surface area contributed by atoms with E-state index in [0.29, 0.717) is 6.54 Å². The molecule has 1 aliphatic carbocycles. The van der Waals surface area contributed by atoms with Crippen molar-refractivity contribution in [3.05, 3.63) is 35.9 Å². The van der Waals surface area contributed by atoms with Crippen molar-refractivity contribution in [2.24, 2.45) is 5.73 Å². The van der Waals surface area contributed by atoms with Crippen LogP contribution in [0.3, 0.4) is 0 Å². The van der Waals surface area contributed by atoms with Gasteiger partial charge in [-0.2, -0.15) is 0 Å². The van der Waals surface area contributed by atoms with E-state index in [9.17, 15) is 9.59 Å². The van der Waals surface area contributed by atoms with Crippen molar-refractivity contribution >= 4 is 11.8 Å². The number of nitrogens with zero attached hydrogens (tertiary/aromatic N) is 1. The molecule has 2 aliphatic rings. The summed E-state index contributed by atoms with van der Waals surface area (Å²) >= 11 is 0. The van der Waals surface area contributed by atoms with Gasteiger partial charge < -0.3 is 16.0 Å². The molecule has 1 aromatic rings. The molecule has 1 aliphatic heterocycles. The van der Waals surface area contributed by atoms with Crippen LogP contribution in [0.15, 0.2) is 30.3 Å². The Bertz CT molecular complexity index is 517. The van der Waals surface area contributed by atoms with E-state index in [1.807, 2.05) is 30.3 Å². The van der Waals surface area contributed by atoms with Crippen molar-refractivity contribution < 1.29 is 9.59 Å². The summed E-state index contributed by atoms with van der Waals surface area (Å²) in [5.41, 5.74) is 7.14. The summed E-state index contributed by atoms with van der Waals surface area (Å²) < 4.78 is 0. The Morgan fingerprint density at radius 1 is 1.20 bits per heavy atom. The van der Waals surface area contributed by atoms with E-state index in [0.717, 1.165) is 24.8 Å². The Labute approximate surface area is 118 Å². The number of nitrogens with two attached hydrogens (primary N) is 1. The number of nitrogens with one attached hydrogen (secondary N) is 1. The van der Waals surface area contributed by atoms with Crippen molar-refractivity contribution in [3.8, 4) is 0 Å². The summed E-state index contributed by atoms with van der Waals surface area (Å²) in [5, 5.41) is 2.78. The molecule has 1 aromatic carbocycles. The predicted molar refractivity (Wildman–Crippen MR) is 74.5 cm³/mol. The van der Waals surface area contributed by atoms with Crippen LogP contribution in [0.5, 0.6) is 0 Å². The van der Waals surface area contributed by atoms with Crippen LogP contribution in [0.2, 0.25) is 0 Å². The highest BCUT2D eigenvalue weighted by Crippen LogP contribution is 2.27. The molecule has 0 aromatic heterocycles. The fourth-order valence-corrected chi connectivity index (χ4v) is 3.22. The Kier molecular flexibility index (Phi) is 3.44. The van der Waals surface area contributed by atoms with Crippen molar-refractivity contribution in [3.63, 3.8) is 0 Å². The number of piperazine rings is 1. The minimum atomic E-state index is -0.528. The standard InChI is InChI=1S/C15H19N3O2/c16-11-7-4-8-12-13(11)17-14(19)15(20)18(12)9-10-5-2-1-3-6-10/h1-3,5-6,11-13H,4,7-9,16H2,(H,17,19). The van der Waals surface area contributed by atoms with Crippen molar-refractivity contribution in [2.75, 3.05) is 0 Å². The third-order valence-corrected chi connectivity index (χ3v) is 4.26. The number of benzene rings is 1. The van der Waals surface area contributed by atoms with E-state index in [1.165, 1.54) is 0 Å². The molecule has 106 valence electrons. The summed E-state index contributed by atoms with van der Waals surface area (Å²) in [4.78, 5) is 25.7. The average molecular weight is 273 g/mol. The average Bonchev–Trinajstić information content (AvgIpc) is 2.46. The topological polar surface area (TPSA) is 75.4 Å². The maximum absolute atomic E-state index is 12.2.